The Morgan fingerprint density at radius 1 is 1.26 bits per heavy atom. The minimum absolute atomic E-state index is 0.00564. The van der Waals surface area contributed by atoms with Crippen LogP contribution in [-0.4, -0.2) is 67.3 Å². The van der Waals surface area contributed by atoms with Crippen LogP contribution < -0.4 is 0 Å². The number of alkyl halides is 3. The molecule has 7 nitrogen and oxygen atoms in total. The van der Waals surface area contributed by atoms with Gasteiger partial charge in [0.25, 0.3) is 4.84 Å². The number of ether oxygens (including phenoxy) is 1. The summed E-state index contributed by atoms with van der Waals surface area (Å²) < 4.78 is 79.2. The molecule has 2 aliphatic rings. The summed E-state index contributed by atoms with van der Waals surface area (Å²) in [6.45, 7) is 1.69. The second-order valence-electron chi connectivity index (χ2n) is 8.02. The van der Waals surface area contributed by atoms with Gasteiger partial charge < -0.3 is 9.15 Å². The predicted octanol–water partition coefficient (Wildman–Crippen LogP) is 3.60. The summed E-state index contributed by atoms with van der Waals surface area (Å²) in [5.74, 6) is 0.215. The summed E-state index contributed by atoms with van der Waals surface area (Å²) in [6.07, 6.45) is -2.57. The summed E-state index contributed by atoms with van der Waals surface area (Å²) in [5, 5.41) is 0. The summed E-state index contributed by atoms with van der Waals surface area (Å²) in [6, 6.07) is 4.06. The minimum atomic E-state index is -4.37. The highest BCUT2D eigenvalue weighted by Gasteiger charge is 2.38. The Morgan fingerprint density at radius 2 is 1.94 bits per heavy atom. The number of nitrogens with zero attached hydrogens (tertiary/aromatic N) is 3. The molecular weight excluding hydrogens is 455 g/mol. The third-order valence-corrected chi connectivity index (χ3v) is 8.03. The standard InChI is InChI=1S/C19H24F3N3O4S2/c1-13(14-2-3-14)23(11-19(20,21)22)12-25-16-10-15(4-5-17(16)29-18(25)30)31(26,27)24-6-8-28-9-7-24/h4-5,10,13-14H,2-3,6-9,11-12H2,1H3/t13-/m0/s1. The molecule has 2 fully saturated rings. The lowest BCUT2D eigenvalue weighted by molar-refractivity contribution is -0.155. The van der Waals surface area contributed by atoms with Crippen molar-refractivity contribution < 1.29 is 30.7 Å². The van der Waals surface area contributed by atoms with Crippen LogP contribution in [0.2, 0.25) is 0 Å². The summed E-state index contributed by atoms with van der Waals surface area (Å²) >= 11 is 5.25. The molecule has 1 aromatic heterocycles. The maximum atomic E-state index is 13.2. The highest BCUT2D eigenvalue weighted by molar-refractivity contribution is 7.89. The number of morpholine rings is 1. The molecule has 0 unspecified atom stereocenters. The Balaban J connectivity index is 1.69. The first-order chi connectivity index (χ1) is 14.6. The van der Waals surface area contributed by atoms with Crippen molar-refractivity contribution in [1.29, 1.82) is 0 Å². The Hall–Kier alpha value is -1.47. The van der Waals surface area contributed by atoms with Gasteiger partial charge in [-0.2, -0.15) is 17.5 Å². The Labute approximate surface area is 183 Å². The van der Waals surface area contributed by atoms with E-state index < -0.39 is 22.7 Å². The van der Waals surface area contributed by atoms with Crippen LogP contribution in [0.3, 0.4) is 0 Å². The molecule has 1 aromatic carbocycles. The van der Waals surface area contributed by atoms with E-state index in [1.807, 2.05) is 0 Å². The zero-order chi connectivity index (χ0) is 22.4. The SMILES string of the molecule is C[C@@H](C1CC1)N(Cn1c(=S)oc2ccc(S(=O)(=O)N3CCOCC3)cc21)CC(F)(F)F. The maximum absolute atomic E-state index is 13.2. The third kappa shape index (κ3) is 4.98. The van der Waals surface area contributed by atoms with Crippen molar-refractivity contribution in [3.8, 4) is 0 Å². The lowest BCUT2D eigenvalue weighted by Gasteiger charge is -2.30. The van der Waals surface area contributed by atoms with Gasteiger partial charge in [-0.15, -0.1) is 0 Å². The number of rotatable bonds is 7. The molecule has 1 atom stereocenters. The van der Waals surface area contributed by atoms with E-state index >= 15 is 0 Å². The highest BCUT2D eigenvalue weighted by atomic mass is 32.2. The molecule has 4 rings (SSSR count). The van der Waals surface area contributed by atoms with Crippen LogP contribution in [-0.2, 0) is 21.4 Å². The lowest BCUT2D eigenvalue weighted by atomic mass is 10.2. The first kappa shape index (κ1) is 22.7. The van der Waals surface area contributed by atoms with Crippen molar-refractivity contribution in [2.24, 2.45) is 5.92 Å². The normalized spacial score (nSPS) is 19.9. The molecule has 0 N–H and O–H groups in total. The van der Waals surface area contributed by atoms with Crippen LogP contribution in [0.15, 0.2) is 27.5 Å². The van der Waals surface area contributed by atoms with E-state index in [-0.39, 0.29) is 41.5 Å². The van der Waals surface area contributed by atoms with Crippen LogP contribution in [0.1, 0.15) is 19.8 Å². The minimum Gasteiger partial charge on any atom is -0.429 e. The van der Waals surface area contributed by atoms with Gasteiger partial charge >= 0.3 is 6.18 Å². The number of benzene rings is 1. The van der Waals surface area contributed by atoms with Crippen molar-refractivity contribution in [3.63, 3.8) is 0 Å². The first-order valence-corrected chi connectivity index (χ1v) is 11.9. The van der Waals surface area contributed by atoms with E-state index in [1.54, 1.807) is 6.92 Å². The van der Waals surface area contributed by atoms with E-state index in [0.717, 1.165) is 12.8 Å². The van der Waals surface area contributed by atoms with Crippen molar-refractivity contribution in [3.05, 3.63) is 23.0 Å². The van der Waals surface area contributed by atoms with Gasteiger partial charge in [0.05, 0.1) is 36.8 Å². The number of halogens is 3. The zero-order valence-corrected chi connectivity index (χ0v) is 18.6. The number of sulfonamides is 1. The molecule has 1 aliphatic carbocycles. The largest absolute Gasteiger partial charge is 0.429 e. The second kappa shape index (κ2) is 8.47. The fourth-order valence-corrected chi connectivity index (χ4v) is 5.56. The van der Waals surface area contributed by atoms with E-state index in [2.05, 4.69) is 0 Å². The zero-order valence-electron chi connectivity index (χ0n) is 17.0. The van der Waals surface area contributed by atoms with Gasteiger partial charge in [0, 0.05) is 19.1 Å². The molecule has 0 radical (unpaired) electrons. The van der Waals surface area contributed by atoms with E-state index in [4.69, 9.17) is 21.4 Å². The lowest BCUT2D eigenvalue weighted by Crippen LogP contribution is -2.42. The second-order valence-corrected chi connectivity index (χ2v) is 10.3. The van der Waals surface area contributed by atoms with Crippen LogP contribution in [0.4, 0.5) is 13.2 Å². The van der Waals surface area contributed by atoms with Gasteiger partial charge in [-0.1, -0.05) is 0 Å². The number of fused-ring (bicyclic) bond motifs is 1. The topological polar surface area (TPSA) is 67.9 Å². The van der Waals surface area contributed by atoms with Crippen molar-refractivity contribution in [2.75, 3.05) is 32.8 Å². The van der Waals surface area contributed by atoms with E-state index in [0.29, 0.717) is 24.3 Å². The molecule has 0 bridgehead atoms. The summed E-state index contributed by atoms with van der Waals surface area (Å²) in [4.78, 5) is 1.38. The molecular formula is C19H24F3N3O4S2. The van der Waals surface area contributed by atoms with Gasteiger partial charge in [0.15, 0.2) is 5.58 Å². The number of aromatic nitrogens is 1. The first-order valence-electron chi connectivity index (χ1n) is 10.1. The van der Waals surface area contributed by atoms with Crippen LogP contribution in [0, 0.1) is 10.8 Å². The fourth-order valence-electron chi connectivity index (χ4n) is 3.88. The molecule has 1 saturated carbocycles. The quantitative estimate of drug-likeness (QED) is 0.566. The van der Waals surface area contributed by atoms with Crippen LogP contribution in [0.25, 0.3) is 11.1 Å². The fraction of sp³-hybridized carbons (Fsp3) is 0.632. The van der Waals surface area contributed by atoms with Gasteiger partial charge in [-0.3, -0.25) is 9.47 Å². The molecule has 31 heavy (non-hydrogen) atoms. The van der Waals surface area contributed by atoms with Crippen LogP contribution in [0.5, 0.6) is 0 Å². The Kier molecular flexibility index (Phi) is 6.21. The molecule has 1 saturated heterocycles. The van der Waals surface area contributed by atoms with Gasteiger partial charge in [0.2, 0.25) is 10.0 Å². The van der Waals surface area contributed by atoms with Crippen molar-refractivity contribution >= 4 is 33.3 Å². The van der Waals surface area contributed by atoms with Crippen LogP contribution >= 0.6 is 12.2 Å². The Morgan fingerprint density at radius 3 is 2.55 bits per heavy atom. The smallest absolute Gasteiger partial charge is 0.401 e. The molecule has 12 heteroatoms. The monoisotopic (exact) mass is 479 g/mol. The van der Waals surface area contributed by atoms with E-state index in [1.165, 1.54) is 32.0 Å². The Bertz CT molecular complexity index is 1100. The number of hydrogen-bond donors (Lipinski definition) is 0. The summed E-state index contributed by atoms with van der Waals surface area (Å²) in [7, 11) is -3.77. The highest BCUT2D eigenvalue weighted by Crippen LogP contribution is 2.37. The maximum Gasteiger partial charge on any atom is 0.401 e. The van der Waals surface area contributed by atoms with Crippen molar-refractivity contribution in [2.45, 2.75) is 43.5 Å². The van der Waals surface area contributed by atoms with Gasteiger partial charge in [-0.05, 0) is 56.1 Å². The number of oxazole rings is 1. The molecule has 0 amide bonds. The molecule has 2 aromatic rings. The average molecular weight is 480 g/mol. The molecule has 172 valence electrons. The van der Waals surface area contributed by atoms with E-state index in [9.17, 15) is 21.6 Å². The summed E-state index contributed by atoms with van der Waals surface area (Å²) in [5.41, 5.74) is 0.687. The average Bonchev–Trinajstić information content (AvgIpc) is 3.51. The van der Waals surface area contributed by atoms with Crippen molar-refractivity contribution in [1.82, 2.24) is 13.8 Å². The molecule has 1 aliphatic heterocycles. The predicted molar refractivity (Wildman–Crippen MR) is 110 cm³/mol. The molecule has 0 spiro atoms. The van der Waals surface area contributed by atoms with Gasteiger partial charge in [0.1, 0.15) is 0 Å². The molecule has 2 heterocycles. The number of hydrogen-bond acceptors (Lipinski definition) is 6. The van der Waals surface area contributed by atoms with Gasteiger partial charge in [-0.25, -0.2) is 8.42 Å². The third-order valence-electron chi connectivity index (χ3n) is 5.83.